The van der Waals surface area contributed by atoms with Crippen LogP contribution in [0.4, 0.5) is 0 Å². The number of aliphatic carboxylic acids is 1. The number of piperidine rings is 1. The first-order chi connectivity index (χ1) is 17.4. The van der Waals surface area contributed by atoms with E-state index in [1.807, 2.05) is 48.5 Å². The molecular weight excluding hydrogens is 476 g/mol. The van der Waals surface area contributed by atoms with Crippen LogP contribution in [0.2, 0.25) is 5.02 Å². The third kappa shape index (κ3) is 6.55. The van der Waals surface area contributed by atoms with Gasteiger partial charge in [0.2, 0.25) is 0 Å². The zero-order chi connectivity index (χ0) is 25.5. The van der Waals surface area contributed by atoms with Gasteiger partial charge in [0, 0.05) is 30.1 Å². The highest BCUT2D eigenvalue weighted by molar-refractivity contribution is 6.31. The molecule has 1 saturated heterocycles. The molecule has 1 aliphatic heterocycles. The molecule has 4 rings (SSSR count). The number of fused-ring (bicyclic) bond motifs is 1. The molecule has 3 aromatic rings. The summed E-state index contributed by atoms with van der Waals surface area (Å²) in [4.78, 5) is 18.2. The van der Waals surface area contributed by atoms with Crippen LogP contribution in [-0.2, 0) is 4.79 Å². The largest absolute Gasteiger partial charge is 0.497 e. The number of methoxy groups -OCH3 is 1. The fourth-order valence-electron chi connectivity index (χ4n) is 5.04. The molecule has 0 spiro atoms. The molecular formula is C29H31ClN2O4. The number of aliphatic hydroxyl groups excluding tert-OH is 1. The number of carboxylic acid groups (broad SMARTS) is 1. The highest BCUT2D eigenvalue weighted by Gasteiger charge is 2.31. The van der Waals surface area contributed by atoms with Crippen LogP contribution in [-0.4, -0.2) is 52.8 Å². The lowest BCUT2D eigenvalue weighted by atomic mass is 9.79. The summed E-state index contributed by atoms with van der Waals surface area (Å²) in [5.41, 5.74) is 2.43. The number of ether oxygens (including phenoxy) is 1. The number of rotatable bonds is 8. The molecule has 2 aromatic carbocycles. The number of carboxylic acids is 1. The van der Waals surface area contributed by atoms with Crippen molar-refractivity contribution in [1.82, 2.24) is 9.88 Å². The van der Waals surface area contributed by atoms with E-state index in [1.54, 1.807) is 13.3 Å². The van der Waals surface area contributed by atoms with Crippen LogP contribution in [0, 0.1) is 23.7 Å². The van der Waals surface area contributed by atoms with Gasteiger partial charge in [-0.15, -0.1) is 0 Å². The quantitative estimate of drug-likeness (QED) is 0.410. The number of pyridine rings is 1. The van der Waals surface area contributed by atoms with Gasteiger partial charge in [-0.3, -0.25) is 14.7 Å². The average Bonchev–Trinajstić information content (AvgIpc) is 2.88. The van der Waals surface area contributed by atoms with Gasteiger partial charge in [-0.05, 0) is 79.6 Å². The van der Waals surface area contributed by atoms with E-state index < -0.39 is 12.1 Å². The van der Waals surface area contributed by atoms with E-state index in [9.17, 15) is 15.0 Å². The van der Waals surface area contributed by atoms with Gasteiger partial charge in [0.25, 0.3) is 0 Å². The molecule has 36 heavy (non-hydrogen) atoms. The van der Waals surface area contributed by atoms with Gasteiger partial charge in [0.05, 0.1) is 30.3 Å². The Morgan fingerprint density at radius 1 is 1.25 bits per heavy atom. The Kier molecular flexibility index (Phi) is 8.82. The molecule has 1 aliphatic rings. The first kappa shape index (κ1) is 26.0. The Morgan fingerprint density at radius 2 is 2.08 bits per heavy atom. The predicted octanol–water partition coefficient (Wildman–Crippen LogP) is 5.17. The van der Waals surface area contributed by atoms with Gasteiger partial charge >= 0.3 is 5.97 Å². The summed E-state index contributed by atoms with van der Waals surface area (Å²) in [5.74, 6) is 6.48. The average molecular weight is 507 g/mol. The number of likely N-dealkylation sites (tertiary alicyclic amines) is 1. The number of hydrogen-bond acceptors (Lipinski definition) is 5. The summed E-state index contributed by atoms with van der Waals surface area (Å²) in [5, 5.41) is 22.1. The molecule has 6 nitrogen and oxygen atoms in total. The molecule has 0 amide bonds. The second-order valence-electron chi connectivity index (χ2n) is 9.30. The Morgan fingerprint density at radius 3 is 2.86 bits per heavy atom. The van der Waals surface area contributed by atoms with Gasteiger partial charge in [0.15, 0.2) is 0 Å². The summed E-state index contributed by atoms with van der Waals surface area (Å²) in [7, 11) is 1.62. The van der Waals surface area contributed by atoms with Crippen molar-refractivity contribution in [2.75, 3.05) is 26.7 Å². The number of halogens is 1. The first-order valence-corrected chi connectivity index (χ1v) is 12.6. The van der Waals surface area contributed by atoms with E-state index in [-0.39, 0.29) is 18.3 Å². The zero-order valence-corrected chi connectivity index (χ0v) is 21.1. The zero-order valence-electron chi connectivity index (χ0n) is 20.4. The monoisotopic (exact) mass is 506 g/mol. The van der Waals surface area contributed by atoms with Crippen molar-refractivity contribution >= 4 is 28.5 Å². The van der Waals surface area contributed by atoms with E-state index in [0.717, 1.165) is 47.2 Å². The van der Waals surface area contributed by atoms with Crippen LogP contribution in [0.25, 0.3) is 10.9 Å². The van der Waals surface area contributed by atoms with Gasteiger partial charge in [-0.2, -0.15) is 0 Å². The van der Waals surface area contributed by atoms with E-state index in [1.165, 1.54) is 0 Å². The van der Waals surface area contributed by atoms with Crippen molar-refractivity contribution in [2.45, 2.75) is 31.8 Å². The molecule has 2 N–H and O–H groups in total. The lowest BCUT2D eigenvalue weighted by molar-refractivity contribution is -0.139. The van der Waals surface area contributed by atoms with Crippen molar-refractivity contribution in [1.29, 1.82) is 0 Å². The Labute approximate surface area is 216 Å². The molecule has 0 unspecified atom stereocenters. The Hall–Kier alpha value is -3.11. The fourth-order valence-corrected chi connectivity index (χ4v) is 5.22. The van der Waals surface area contributed by atoms with Gasteiger partial charge < -0.3 is 14.9 Å². The van der Waals surface area contributed by atoms with Crippen molar-refractivity contribution in [3.63, 3.8) is 0 Å². The third-order valence-electron chi connectivity index (χ3n) is 6.96. The number of aromatic nitrogens is 1. The number of hydrogen-bond donors (Lipinski definition) is 2. The predicted molar refractivity (Wildman–Crippen MR) is 141 cm³/mol. The highest BCUT2D eigenvalue weighted by Crippen LogP contribution is 2.34. The van der Waals surface area contributed by atoms with Crippen LogP contribution in [0.5, 0.6) is 5.75 Å². The number of aliphatic hydroxyl groups is 1. The molecule has 2 heterocycles. The van der Waals surface area contributed by atoms with Crippen molar-refractivity contribution in [3.8, 4) is 17.6 Å². The van der Waals surface area contributed by atoms with Crippen LogP contribution in [0.15, 0.2) is 54.7 Å². The molecule has 1 aromatic heterocycles. The van der Waals surface area contributed by atoms with E-state index in [4.69, 9.17) is 16.3 Å². The number of carbonyl (C=O) groups is 1. The van der Waals surface area contributed by atoms with E-state index in [2.05, 4.69) is 21.7 Å². The van der Waals surface area contributed by atoms with Crippen LogP contribution in [0.1, 0.15) is 42.9 Å². The maximum Gasteiger partial charge on any atom is 0.303 e. The molecule has 188 valence electrons. The molecule has 7 heteroatoms. The van der Waals surface area contributed by atoms with Crippen molar-refractivity contribution < 1.29 is 19.7 Å². The van der Waals surface area contributed by atoms with E-state index in [0.29, 0.717) is 24.5 Å². The fraction of sp³-hybridized carbons (Fsp3) is 0.379. The molecule has 0 bridgehead atoms. The topological polar surface area (TPSA) is 82.9 Å². The van der Waals surface area contributed by atoms with Crippen LogP contribution >= 0.6 is 11.6 Å². The molecule has 3 atom stereocenters. The molecule has 1 fully saturated rings. The summed E-state index contributed by atoms with van der Waals surface area (Å²) in [6, 6.07) is 15.0. The minimum atomic E-state index is -0.790. The Balaban J connectivity index is 1.39. The number of benzene rings is 2. The van der Waals surface area contributed by atoms with Crippen LogP contribution < -0.4 is 4.74 Å². The van der Waals surface area contributed by atoms with Crippen molar-refractivity contribution in [2.24, 2.45) is 11.8 Å². The maximum absolute atomic E-state index is 11.6. The molecule has 0 radical (unpaired) electrons. The first-order valence-electron chi connectivity index (χ1n) is 12.2. The smallest absolute Gasteiger partial charge is 0.303 e. The normalized spacial score (nSPS) is 18.9. The second kappa shape index (κ2) is 12.2. The second-order valence-corrected chi connectivity index (χ2v) is 9.71. The number of nitrogens with zero attached hydrogens (tertiary/aromatic N) is 2. The molecule has 0 aliphatic carbocycles. The maximum atomic E-state index is 11.6. The lowest BCUT2D eigenvalue weighted by Crippen LogP contribution is -2.41. The standard InChI is InChI=1S/C29H31ClN2O4/c1-36-23-9-10-27-25(18-23)24(12-14-31-27)28(33)11-8-20-13-16-32(19-22(20)17-29(34)35)15-4-6-21-5-2-3-7-26(21)30/h2-3,5,7,9-10,12,14,18,20,22,28,33H,8,11,13,15-17,19H2,1H3,(H,34,35)/t20-,22+,28+/m1/s1. The van der Waals surface area contributed by atoms with Gasteiger partial charge in [0.1, 0.15) is 5.75 Å². The summed E-state index contributed by atoms with van der Waals surface area (Å²) in [6.07, 6.45) is 3.36. The summed E-state index contributed by atoms with van der Waals surface area (Å²) in [6.45, 7) is 2.10. The summed E-state index contributed by atoms with van der Waals surface area (Å²) < 4.78 is 5.35. The minimum Gasteiger partial charge on any atom is -0.497 e. The van der Waals surface area contributed by atoms with Crippen molar-refractivity contribution in [3.05, 3.63) is 70.9 Å². The molecule has 0 saturated carbocycles. The lowest BCUT2D eigenvalue weighted by Gasteiger charge is -2.37. The van der Waals surface area contributed by atoms with Gasteiger partial charge in [-0.1, -0.05) is 35.6 Å². The minimum absolute atomic E-state index is 0.0137. The third-order valence-corrected chi connectivity index (χ3v) is 7.29. The summed E-state index contributed by atoms with van der Waals surface area (Å²) >= 11 is 6.19. The SMILES string of the molecule is COc1ccc2nccc([C@@H](O)CC[C@@H]3CCN(CC#Cc4ccccc4Cl)C[C@@H]3CC(=O)O)c2c1. The van der Waals surface area contributed by atoms with Gasteiger partial charge in [-0.25, -0.2) is 0 Å². The highest BCUT2D eigenvalue weighted by atomic mass is 35.5. The van der Waals surface area contributed by atoms with Crippen LogP contribution in [0.3, 0.4) is 0 Å². The van der Waals surface area contributed by atoms with E-state index >= 15 is 0 Å². The Bertz CT molecular complexity index is 1270.